The van der Waals surface area contributed by atoms with E-state index in [0.717, 1.165) is 24.9 Å². The van der Waals surface area contributed by atoms with Crippen LogP contribution in [-0.2, 0) is 6.42 Å². The summed E-state index contributed by atoms with van der Waals surface area (Å²) in [4.78, 5) is 19.4. The Morgan fingerprint density at radius 1 is 1.12 bits per heavy atom. The number of nitrogens with one attached hydrogen (secondary N) is 1. The fourth-order valence-electron chi connectivity index (χ4n) is 4.34. The predicted molar refractivity (Wildman–Crippen MR) is 105 cm³/mol. The summed E-state index contributed by atoms with van der Waals surface area (Å²) in [6.45, 7) is 2.22. The average Bonchev–Trinajstić information content (AvgIpc) is 2.80. The van der Waals surface area contributed by atoms with E-state index in [-0.39, 0.29) is 5.91 Å². The number of amides is 1. The molecule has 2 heterocycles. The molecule has 1 saturated carbocycles. The van der Waals surface area contributed by atoms with Crippen LogP contribution >= 0.6 is 0 Å². The van der Waals surface area contributed by atoms with Gasteiger partial charge in [0.2, 0.25) is 0 Å². The topological polar surface area (TPSA) is 45.2 Å². The second-order valence-corrected chi connectivity index (χ2v) is 7.65. The minimum Gasteiger partial charge on any atom is -0.349 e. The smallest absolute Gasteiger partial charge is 0.253 e. The van der Waals surface area contributed by atoms with Crippen LogP contribution in [0, 0.1) is 0 Å². The van der Waals surface area contributed by atoms with E-state index in [4.69, 9.17) is 0 Å². The zero-order chi connectivity index (χ0) is 17.9. The van der Waals surface area contributed by atoms with Crippen LogP contribution in [0.1, 0.15) is 61.4 Å². The number of para-hydroxylation sites is 1. The largest absolute Gasteiger partial charge is 0.349 e. The summed E-state index contributed by atoms with van der Waals surface area (Å²) in [6.07, 6.45) is 11.8. The Morgan fingerprint density at radius 3 is 2.69 bits per heavy atom. The van der Waals surface area contributed by atoms with Gasteiger partial charge >= 0.3 is 0 Å². The second-order valence-electron chi connectivity index (χ2n) is 7.65. The first kappa shape index (κ1) is 17.1. The van der Waals surface area contributed by atoms with Crippen LogP contribution < -0.4 is 10.2 Å². The number of anilines is 2. The van der Waals surface area contributed by atoms with E-state index < -0.39 is 0 Å². The molecule has 1 fully saturated rings. The second kappa shape index (κ2) is 7.48. The fourth-order valence-corrected chi connectivity index (χ4v) is 4.34. The summed E-state index contributed by atoms with van der Waals surface area (Å²) in [6, 6.07) is 11.1. The van der Waals surface area contributed by atoms with Gasteiger partial charge in [-0.1, -0.05) is 43.9 Å². The van der Waals surface area contributed by atoms with Gasteiger partial charge in [0, 0.05) is 24.0 Å². The van der Waals surface area contributed by atoms with Crippen molar-refractivity contribution in [1.82, 2.24) is 10.3 Å². The predicted octanol–water partition coefficient (Wildman–Crippen LogP) is 4.62. The molecule has 1 aromatic heterocycles. The van der Waals surface area contributed by atoms with E-state index in [1.165, 1.54) is 36.9 Å². The summed E-state index contributed by atoms with van der Waals surface area (Å²) in [5, 5.41) is 3.23. The van der Waals surface area contributed by atoms with Gasteiger partial charge in [-0.3, -0.25) is 9.78 Å². The van der Waals surface area contributed by atoms with Gasteiger partial charge in [0.15, 0.2) is 0 Å². The van der Waals surface area contributed by atoms with E-state index in [1.54, 1.807) is 6.20 Å². The summed E-state index contributed by atoms with van der Waals surface area (Å²) in [5.74, 6) is 0.00591. The number of aromatic nitrogens is 1. The van der Waals surface area contributed by atoms with Crippen molar-refractivity contribution in [2.24, 2.45) is 0 Å². The number of rotatable bonds is 3. The third-order valence-corrected chi connectivity index (χ3v) is 5.66. The quantitative estimate of drug-likeness (QED) is 0.823. The van der Waals surface area contributed by atoms with Gasteiger partial charge in [0.1, 0.15) is 0 Å². The van der Waals surface area contributed by atoms with E-state index >= 15 is 0 Å². The maximum absolute atomic E-state index is 12.7. The van der Waals surface area contributed by atoms with Crippen molar-refractivity contribution in [3.8, 4) is 0 Å². The monoisotopic (exact) mass is 349 g/mol. The number of carbonyl (C=O) groups is 1. The van der Waals surface area contributed by atoms with Gasteiger partial charge in [0.25, 0.3) is 5.91 Å². The molecule has 1 aromatic carbocycles. The number of benzene rings is 1. The van der Waals surface area contributed by atoms with Crippen LogP contribution in [0.5, 0.6) is 0 Å². The molecule has 1 aliphatic heterocycles. The van der Waals surface area contributed by atoms with Crippen molar-refractivity contribution in [1.29, 1.82) is 0 Å². The maximum Gasteiger partial charge on any atom is 0.253 e. The lowest BCUT2D eigenvalue weighted by Gasteiger charge is -2.25. The lowest BCUT2D eigenvalue weighted by atomic mass is 10.1. The molecule has 1 N–H and O–H groups in total. The van der Waals surface area contributed by atoms with Crippen molar-refractivity contribution in [2.75, 3.05) is 4.90 Å². The third kappa shape index (κ3) is 3.46. The summed E-state index contributed by atoms with van der Waals surface area (Å²) < 4.78 is 0. The van der Waals surface area contributed by atoms with Crippen molar-refractivity contribution in [2.45, 2.75) is 64.0 Å². The molecule has 2 aromatic rings. The molecular formula is C22H27N3O. The Hall–Kier alpha value is -2.36. The van der Waals surface area contributed by atoms with Gasteiger partial charge in [-0.25, -0.2) is 0 Å². The summed E-state index contributed by atoms with van der Waals surface area (Å²) in [7, 11) is 0. The first-order valence-electron chi connectivity index (χ1n) is 9.85. The molecule has 0 radical (unpaired) electrons. The van der Waals surface area contributed by atoms with E-state index in [9.17, 15) is 4.79 Å². The van der Waals surface area contributed by atoms with Crippen molar-refractivity contribution < 1.29 is 4.79 Å². The molecule has 4 nitrogen and oxygen atoms in total. The van der Waals surface area contributed by atoms with E-state index in [0.29, 0.717) is 17.6 Å². The minimum atomic E-state index is 0.00591. The Balaban J connectivity index is 1.54. The molecule has 1 unspecified atom stereocenters. The molecule has 4 heteroatoms. The summed E-state index contributed by atoms with van der Waals surface area (Å²) in [5.41, 5.74) is 4.23. The molecule has 0 spiro atoms. The van der Waals surface area contributed by atoms with E-state index in [1.807, 2.05) is 12.3 Å². The van der Waals surface area contributed by atoms with Gasteiger partial charge < -0.3 is 10.2 Å². The molecule has 0 saturated heterocycles. The van der Waals surface area contributed by atoms with Crippen molar-refractivity contribution in [3.05, 3.63) is 53.9 Å². The van der Waals surface area contributed by atoms with Crippen molar-refractivity contribution in [3.63, 3.8) is 0 Å². The van der Waals surface area contributed by atoms with E-state index in [2.05, 4.69) is 46.4 Å². The fraction of sp³-hybridized carbons (Fsp3) is 0.455. The lowest BCUT2D eigenvalue weighted by Crippen LogP contribution is -2.34. The number of hydrogen-bond donors (Lipinski definition) is 1. The highest BCUT2D eigenvalue weighted by Crippen LogP contribution is 2.37. The molecule has 136 valence electrons. The first-order chi connectivity index (χ1) is 12.7. The Bertz CT molecular complexity index is 780. The van der Waals surface area contributed by atoms with Crippen LogP contribution in [0.4, 0.5) is 11.4 Å². The van der Waals surface area contributed by atoms with Gasteiger partial charge in [-0.2, -0.15) is 0 Å². The van der Waals surface area contributed by atoms with Crippen LogP contribution in [0.2, 0.25) is 0 Å². The number of nitrogens with zero attached hydrogens (tertiary/aromatic N) is 2. The average molecular weight is 349 g/mol. The van der Waals surface area contributed by atoms with Crippen molar-refractivity contribution >= 4 is 17.3 Å². The Labute approximate surface area is 155 Å². The molecule has 4 rings (SSSR count). The Morgan fingerprint density at radius 2 is 1.88 bits per heavy atom. The number of pyridine rings is 1. The van der Waals surface area contributed by atoms with Gasteiger partial charge in [-0.05, 0) is 43.9 Å². The van der Waals surface area contributed by atoms with Crippen LogP contribution in [0.25, 0.3) is 0 Å². The third-order valence-electron chi connectivity index (χ3n) is 5.66. The highest BCUT2D eigenvalue weighted by molar-refractivity contribution is 5.95. The van der Waals surface area contributed by atoms with Crippen LogP contribution in [0.3, 0.4) is 0 Å². The molecule has 1 aliphatic carbocycles. The molecule has 1 amide bonds. The number of fused-ring (bicyclic) bond motifs is 1. The lowest BCUT2D eigenvalue weighted by molar-refractivity contribution is 0.0933. The normalized spacial score (nSPS) is 20.5. The Kier molecular flexibility index (Phi) is 4.91. The van der Waals surface area contributed by atoms with Gasteiger partial charge in [0.05, 0.1) is 17.4 Å². The van der Waals surface area contributed by atoms with Crippen LogP contribution in [-0.4, -0.2) is 23.0 Å². The molecule has 1 atom stereocenters. The molecular weight excluding hydrogens is 322 g/mol. The molecule has 26 heavy (non-hydrogen) atoms. The standard InChI is InChI=1S/C22H27N3O/c1-16-12-17-8-6-7-11-21(17)25(16)20-13-18(14-23-15-20)22(26)24-19-9-4-2-3-5-10-19/h6-8,11,13-16,19H,2-5,9-10,12H2,1H3,(H,24,26). The highest BCUT2D eigenvalue weighted by Gasteiger charge is 2.27. The first-order valence-corrected chi connectivity index (χ1v) is 9.85. The zero-order valence-corrected chi connectivity index (χ0v) is 15.4. The molecule has 2 aliphatic rings. The maximum atomic E-state index is 12.7. The minimum absolute atomic E-state index is 0.00591. The van der Waals surface area contributed by atoms with Crippen LogP contribution in [0.15, 0.2) is 42.7 Å². The number of carbonyl (C=O) groups excluding carboxylic acids is 1. The zero-order valence-electron chi connectivity index (χ0n) is 15.4. The van der Waals surface area contributed by atoms with Gasteiger partial charge in [-0.15, -0.1) is 0 Å². The summed E-state index contributed by atoms with van der Waals surface area (Å²) >= 11 is 0. The SMILES string of the molecule is CC1Cc2ccccc2N1c1cncc(C(=O)NC2CCCCCC2)c1. The highest BCUT2D eigenvalue weighted by atomic mass is 16.1. The number of hydrogen-bond acceptors (Lipinski definition) is 3. The molecule has 0 bridgehead atoms.